The van der Waals surface area contributed by atoms with Gasteiger partial charge in [0, 0.05) is 11.6 Å². The third kappa shape index (κ3) is 2.65. The zero-order valence-corrected chi connectivity index (χ0v) is 14.4. The molecule has 122 valence electrons. The predicted molar refractivity (Wildman–Crippen MR) is 100 cm³/mol. The number of hydrogen-bond donors (Lipinski definition) is 0. The lowest BCUT2D eigenvalue weighted by molar-refractivity contribution is 0.264. The van der Waals surface area contributed by atoms with Crippen LogP contribution in [0.25, 0.3) is 0 Å². The normalized spacial score (nSPS) is 25.9. The topological polar surface area (TPSA) is 15.6 Å². The Kier molecular flexibility index (Phi) is 3.93. The molecule has 2 nitrogen and oxygen atoms in total. The van der Waals surface area contributed by atoms with Gasteiger partial charge in [-0.2, -0.15) is 0 Å². The van der Waals surface area contributed by atoms with E-state index in [2.05, 4.69) is 47.9 Å². The van der Waals surface area contributed by atoms with Crippen LogP contribution >= 0.6 is 11.6 Å². The maximum absolute atomic E-state index is 6.11. The molecule has 2 atom stereocenters. The number of halogens is 1. The van der Waals surface area contributed by atoms with Gasteiger partial charge in [-0.05, 0) is 42.0 Å². The van der Waals surface area contributed by atoms with Gasteiger partial charge in [-0.25, -0.2) is 0 Å². The van der Waals surface area contributed by atoms with Crippen LogP contribution in [-0.4, -0.2) is 17.8 Å². The Morgan fingerprint density at radius 1 is 1.12 bits per heavy atom. The summed E-state index contributed by atoms with van der Waals surface area (Å²) in [5, 5.41) is 0.760. The SMILES string of the molecule is C=CC1(c2ccccc2)N=CN(CC2CC2)C1c1ccc(Cl)cc1. The molecule has 24 heavy (non-hydrogen) atoms. The van der Waals surface area contributed by atoms with Crippen molar-refractivity contribution in [3.8, 4) is 0 Å². The first-order chi connectivity index (χ1) is 11.7. The van der Waals surface area contributed by atoms with Crippen LogP contribution in [0.1, 0.15) is 30.0 Å². The second kappa shape index (κ2) is 6.10. The Hall–Kier alpha value is -2.06. The Bertz CT molecular complexity index is 749. The molecule has 1 heterocycles. The molecule has 2 aromatic rings. The lowest BCUT2D eigenvalue weighted by atomic mass is 9.80. The summed E-state index contributed by atoms with van der Waals surface area (Å²) in [5.74, 6) is 0.794. The molecule has 4 rings (SSSR count). The maximum atomic E-state index is 6.11. The fourth-order valence-electron chi connectivity index (χ4n) is 3.62. The average Bonchev–Trinajstić information content (AvgIpc) is 3.36. The summed E-state index contributed by atoms with van der Waals surface area (Å²) in [6.45, 7) is 5.20. The first-order valence-corrected chi connectivity index (χ1v) is 8.86. The summed E-state index contributed by atoms with van der Waals surface area (Å²) >= 11 is 6.11. The number of nitrogens with zero attached hydrogens (tertiary/aromatic N) is 2. The number of benzene rings is 2. The van der Waals surface area contributed by atoms with Crippen molar-refractivity contribution in [1.29, 1.82) is 0 Å². The second-order valence-electron chi connectivity index (χ2n) is 6.73. The Morgan fingerprint density at radius 2 is 1.83 bits per heavy atom. The fraction of sp³-hybridized carbons (Fsp3) is 0.286. The lowest BCUT2D eigenvalue weighted by Gasteiger charge is -2.36. The second-order valence-corrected chi connectivity index (χ2v) is 7.17. The molecule has 2 aliphatic rings. The van der Waals surface area contributed by atoms with E-state index in [-0.39, 0.29) is 6.04 Å². The molecule has 3 heteroatoms. The van der Waals surface area contributed by atoms with Gasteiger partial charge in [0.15, 0.2) is 0 Å². The van der Waals surface area contributed by atoms with Gasteiger partial charge in [0.1, 0.15) is 5.54 Å². The van der Waals surface area contributed by atoms with Gasteiger partial charge >= 0.3 is 0 Å². The summed E-state index contributed by atoms with van der Waals surface area (Å²) in [6.07, 6.45) is 6.66. The molecule has 0 spiro atoms. The summed E-state index contributed by atoms with van der Waals surface area (Å²) in [5.41, 5.74) is 1.94. The standard InChI is InChI=1S/C21H21ClN2/c1-2-21(18-6-4-3-5-7-18)20(17-10-12-19(22)13-11-17)24(15-23-21)14-16-8-9-16/h2-7,10-13,15-16,20H,1,8-9,14H2. The molecule has 0 aromatic heterocycles. The van der Waals surface area contributed by atoms with Crippen LogP contribution in [0.15, 0.2) is 72.2 Å². The Balaban J connectivity index is 1.80. The van der Waals surface area contributed by atoms with Crippen molar-refractivity contribution in [2.24, 2.45) is 10.9 Å². The smallest absolute Gasteiger partial charge is 0.130 e. The molecule has 0 bridgehead atoms. The number of rotatable bonds is 5. The van der Waals surface area contributed by atoms with E-state index in [1.165, 1.54) is 24.0 Å². The molecule has 0 amide bonds. The van der Waals surface area contributed by atoms with Crippen molar-refractivity contribution in [1.82, 2.24) is 4.90 Å². The van der Waals surface area contributed by atoms with Crippen molar-refractivity contribution in [3.05, 3.63) is 83.4 Å². The van der Waals surface area contributed by atoms with Crippen LogP contribution in [0.5, 0.6) is 0 Å². The van der Waals surface area contributed by atoms with E-state index in [0.717, 1.165) is 17.5 Å². The molecule has 0 N–H and O–H groups in total. The summed E-state index contributed by atoms with van der Waals surface area (Å²) in [7, 11) is 0. The maximum Gasteiger partial charge on any atom is 0.130 e. The highest BCUT2D eigenvalue weighted by Crippen LogP contribution is 2.48. The van der Waals surface area contributed by atoms with E-state index in [1.807, 2.05) is 30.6 Å². The molecular formula is C21H21ClN2. The summed E-state index contributed by atoms with van der Waals surface area (Å²) < 4.78 is 0. The molecule has 1 aliphatic carbocycles. The summed E-state index contributed by atoms with van der Waals surface area (Å²) in [6, 6.07) is 18.7. The van der Waals surface area contributed by atoms with Crippen LogP contribution in [0.4, 0.5) is 0 Å². The van der Waals surface area contributed by atoms with Crippen LogP contribution in [0.2, 0.25) is 5.02 Å². The van der Waals surface area contributed by atoms with Gasteiger partial charge in [0.05, 0.1) is 12.4 Å². The predicted octanol–water partition coefficient (Wildman–Crippen LogP) is 5.22. The largest absolute Gasteiger partial charge is 0.352 e. The molecule has 2 unspecified atom stereocenters. The van der Waals surface area contributed by atoms with E-state index in [0.29, 0.717) is 0 Å². The minimum atomic E-state index is -0.454. The molecule has 1 aliphatic heterocycles. The van der Waals surface area contributed by atoms with Crippen LogP contribution in [0, 0.1) is 5.92 Å². The van der Waals surface area contributed by atoms with Gasteiger partial charge in [-0.15, -0.1) is 6.58 Å². The van der Waals surface area contributed by atoms with Gasteiger partial charge in [0.25, 0.3) is 0 Å². The molecule has 2 aromatic carbocycles. The fourth-order valence-corrected chi connectivity index (χ4v) is 3.75. The van der Waals surface area contributed by atoms with Crippen molar-refractivity contribution >= 4 is 17.9 Å². The van der Waals surface area contributed by atoms with Crippen LogP contribution in [-0.2, 0) is 5.54 Å². The number of hydrogen-bond acceptors (Lipinski definition) is 2. The molecule has 1 saturated carbocycles. The van der Waals surface area contributed by atoms with Gasteiger partial charge in [0.2, 0.25) is 0 Å². The molecule has 0 radical (unpaired) electrons. The van der Waals surface area contributed by atoms with Crippen molar-refractivity contribution < 1.29 is 0 Å². The highest BCUT2D eigenvalue weighted by atomic mass is 35.5. The summed E-state index contributed by atoms with van der Waals surface area (Å²) in [4.78, 5) is 7.33. The minimum absolute atomic E-state index is 0.121. The third-order valence-electron chi connectivity index (χ3n) is 5.07. The van der Waals surface area contributed by atoms with Crippen LogP contribution < -0.4 is 0 Å². The Morgan fingerprint density at radius 3 is 2.46 bits per heavy atom. The first kappa shape index (κ1) is 15.5. The van der Waals surface area contributed by atoms with Crippen molar-refractivity contribution in [3.63, 3.8) is 0 Å². The third-order valence-corrected chi connectivity index (χ3v) is 5.32. The Labute approximate surface area is 148 Å². The highest BCUT2D eigenvalue weighted by molar-refractivity contribution is 6.30. The molecular weight excluding hydrogens is 316 g/mol. The van der Waals surface area contributed by atoms with Gasteiger partial charge in [-0.1, -0.05) is 60.1 Å². The molecule has 1 fully saturated rings. The monoisotopic (exact) mass is 336 g/mol. The van der Waals surface area contributed by atoms with Crippen molar-refractivity contribution in [2.45, 2.75) is 24.4 Å². The van der Waals surface area contributed by atoms with Gasteiger partial charge < -0.3 is 4.90 Å². The van der Waals surface area contributed by atoms with Crippen molar-refractivity contribution in [2.75, 3.05) is 6.54 Å². The highest BCUT2D eigenvalue weighted by Gasteiger charge is 2.46. The van der Waals surface area contributed by atoms with E-state index >= 15 is 0 Å². The van der Waals surface area contributed by atoms with E-state index < -0.39 is 5.54 Å². The average molecular weight is 337 g/mol. The first-order valence-electron chi connectivity index (χ1n) is 8.48. The van der Waals surface area contributed by atoms with E-state index in [1.54, 1.807) is 0 Å². The van der Waals surface area contributed by atoms with Crippen LogP contribution in [0.3, 0.4) is 0 Å². The minimum Gasteiger partial charge on any atom is -0.352 e. The van der Waals surface area contributed by atoms with E-state index in [9.17, 15) is 0 Å². The number of aliphatic imine (C=N–C) groups is 1. The molecule has 0 saturated heterocycles. The zero-order valence-electron chi connectivity index (χ0n) is 13.6. The zero-order chi connectivity index (χ0) is 16.6. The lowest BCUT2D eigenvalue weighted by Crippen LogP contribution is -2.36. The van der Waals surface area contributed by atoms with E-state index in [4.69, 9.17) is 16.6 Å². The quantitative estimate of drug-likeness (QED) is 0.684. The van der Waals surface area contributed by atoms with Gasteiger partial charge in [-0.3, -0.25) is 4.99 Å².